The van der Waals surface area contributed by atoms with Gasteiger partial charge < -0.3 is 0 Å². The molecule has 0 aliphatic rings. The summed E-state index contributed by atoms with van der Waals surface area (Å²) in [5.74, 6) is 0. The largest absolute Gasteiger partial charge is 0.139 e. The zero-order valence-corrected chi connectivity index (χ0v) is 11.7. The molecule has 3 heteroatoms. The third kappa shape index (κ3) is 1.78. The van der Waals surface area contributed by atoms with Crippen LogP contribution in [0, 0.1) is 10.5 Å². The van der Waals surface area contributed by atoms with Gasteiger partial charge in [0, 0.05) is 18.5 Å². The first kappa shape index (κ1) is 9.93. The van der Waals surface area contributed by atoms with Crippen LogP contribution in [0.1, 0.15) is 10.4 Å². The standard InChI is InChI=1S/C10H8BrIS/c1-6-4-8-7(5-11)2-3-9(12)10(8)13-6/h2-4H,5H2,1H3. The molecule has 0 spiro atoms. The Morgan fingerprint density at radius 1 is 1.46 bits per heavy atom. The van der Waals surface area contributed by atoms with Gasteiger partial charge in [0.1, 0.15) is 0 Å². The van der Waals surface area contributed by atoms with Gasteiger partial charge in [-0.1, -0.05) is 22.0 Å². The molecule has 1 aromatic heterocycles. The molecule has 0 atom stereocenters. The molecule has 0 N–H and O–H groups in total. The first-order chi connectivity index (χ1) is 6.22. The van der Waals surface area contributed by atoms with Gasteiger partial charge in [0.2, 0.25) is 0 Å². The molecule has 0 aliphatic carbocycles. The van der Waals surface area contributed by atoms with Crippen molar-refractivity contribution >= 4 is 59.9 Å². The van der Waals surface area contributed by atoms with Crippen LogP contribution in [-0.4, -0.2) is 0 Å². The number of thiophene rings is 1. The van der Waals surface area contributed by atoms with Crippen molar-refractivity contribution in [3.8, 4) is 0 Å². The molecule has 0 saturated carbocycles. The Kier molecular flexibility index (Phi) is 2.95. The number of rotatable bonds is 1. The molecule has 0 fully saturated rings. The third-order valence-electron chi connectivity index (χ3n) is 1.99. The van der Waals surface area contributed by atoms with Gasteiger partial charge in [0.05, 0.1) is 0 Å². The molecule has 0 amide bonds. The van der Waals surface area contributed by atoms with Crippen LogP contribution in [0.15, 0.2) is 18.2 Å². The highest BCUT2D eigenvalue weighted by molar-refractivity contribution is 14.1. The number of aryl methyl sites for hydroxylation is 1. The maximum absolute atomic E-state index is 3.51. The van der Waals surface area contributed by atoms with E-state index in [0.717, 1.165) is 5.33 Å². The van der Waals surface area contributed by atoms with Crippen LogP contribution in [0.5, 0.6) is 0 Å². The molecule has 0 nitrogen and oxygen atoms in total. The molecule has 68 valence electrons. The molecule has 2 aromatic rings. The average molecular weight is 367 g/mol. The molecule has 1 aromatic carbocycles. The molecule has 0 bridgehead atoms. The average Bonchev–Trinajstić information content (AvgIpc) is 2.48. The molecule has 0 saturated heterocycles. The van der Waals surface area contributed by atoms with Crippen molar-refractivity contribution in [2.24, 2.45) is 0 Å². The summed E-state index contributed by atoms with van der Waals surface area (Å²) in [6.07, 6.45) is 0. The summed E-state index contributed by atoms with van der Waals surface area (Å²) in [5.41, 5.74) is 1.39. The summed E-state index contributed by atoms with van der Waals surface area (Å²) in [4.78, 5) is 1.39. The highest BCUT2D eigenvalue weighted by atomic mass is 127. The summed E-state index contributed by atoms with van der Waals surface area (Å²) in [6, 6.07) is 6.67. The Morgan fingerprint density at radius 2 is 2.23 bits per heavy atom. The second-order valence-corrected chi connectivity index (χ2v) is 5.92. The normalized spacial score (nSPS) is 11.0. The second-order valence-electron chi connectivity index (χ2n) is 2.94. The summed E-state index contributed by atoms with van der Waals surface area (Å²) < 4.78 is 2.78. The lowest BCUT2D eigenvalue weighted by molar-refractivity contribution is 1.49. The zero-order valence-electron chi connectivity index (χ0n) is 7.10. The van der Waals surface area contributed by atoms with Gasteiger partial charge in [0.25, 0.3) is 0 Å². The van der Waals surface area contributed by atoms with Crippen LogP contribution >= 0.6 is 49.9 Å². The minimum atomic E-state index is 0.941. The fourth-order valence-electron chi connectivity index (χ4n) is 1.39. The van der Waals surface area contributed by atoms with Crippen LogP contribution < -0.4 is 0 Å². The lowest BCUT2D eigenvalue weighted by Crippen LogP contribution is -1.79. The van der Waals surface area contributed by atoms with Gasteiger partial charge in [-0.2, -0.15) is 0 Å². The van der Waals surface area contributed by atoms with E-state index in [1.54, 1.807) is 0 Å². The Morgan fingerprint density at radius 3 is 2.92 bits per heavy atom. The van der Waals surface area contributed by atoms with Gasteiger partial charge in [-0.25, -0.2) is 0 Å². The number of fused-ring (bicyclic) bond motifs is 1. The van der Waals surface area contributed by atoms with Crippen molar-refractivity contribution in [2.75, 3.05) is 0 Å². The van der Waals surface area contributed by atoms with Gasteiger partial charge >= 0.3 is 0 Å². The number of halogens is 2. The quantitative estimate of drug-likeness (QED) is 0.506. The molecule has 0 aliphatic heterocycles. The first-order valence-electron chi connectivity index (χ1n) is 3.96. The molecular weight excluding hydrogens is 359 g/mol. The summed E-state index contributed by atoms with van der Waals surface area (Å²) in [5, 5.41) is 2.35. The molecular formula is C10H8BrIS. The van der Waals surface area contributed by atoms with E-state index in [-0.39, 0.29) is 0 Å². The van der Waals surface area contributed by atoms with E-state index in [4.69, 9.17) is 0 Å². The summed E-state index contributed by atoms with van der Waals surface area (Å²) in [6.45, 7) is 2.17. The topological polar surface area (TPSA) is 0 Å². The highest BCUT2D eigenvalue weighted by Crippen LogP contribution is 2.32. The summed E-state index contributed by atoms with van der Waals surface area (Å²) in [7, 11) is 0. The zero-order chi connectivity index (χ0) is 9.42. The van der Waals surface area contributed by atoms with Crippen LogP contribution in [-0.2, 0) is 5.33 Å². The van der Waals surface area contributed by atoms with E-state index in [0.29, 0.717) is 0 Å². The predicted molar refractivity (Wildman–Crippen MR) is 71.9 cm³/mol. The lowest BCUT2D eigenvalue weighted by Gasteiger charge is -1.99. The minimum Gasteiger partial charge on any atom is -0.139 e. The first-order valence-corrected chi connectivity index (χ1v) is 6.97. The third-order valence-corrected chi connectivity index (χ3v) is 4.95. The number of hydrogen-bond acceptors (Lipinski definition) is 1. The second kappa shape index (κ2) is 3.87. The van der Waals surface area contributed by atoms with Gasteiger partial charge in [0.15, 0.2) is 0 Å². The van der Waals surface area contributed by atoms with E-state index in [2.05, 4.69) is 63.6 Å². The van der Waals surface area contributed by atoms with Crippen molar-refractivity contribution in [1.82, 2.24) is 0 Å². The Bertz CT molecular complexity index is 447. The molecule has 13 heavy (non-hydrogen) atoms. The fraction of sp³-hybridized carbons (Fsp3) is 0.200. The van der Waals surface area contributed by atoms with Crippen LogP contribution in [0.4, 0.5) is 0 Å². The number of benzene rings is 1. The van der Waals surface area contributed by atoms with Gasteiger partial charge in [-0.15, -0.1) is 11.3 Å². The Balaban J connectivity index is 2.83. The maximum atomic E-state index is 3.51. The van der Waals surface area contributed by atoms with Crippen LogP contribution in [0.2, 0.25) is 0 Å². The monoisotopic (exact) mass is 366 g/mol. The van der Waals surface area contributed by atoms with Gasteiger partial charge in [-0.3, -0.25) is 0 Å². The van der Waals surface area contributed by atoms with E-state index in [9.17, 15) is 0 Å². The van der Waals surface area contributed by atoms with Crippen molar-refractivity contribution in [1.29, 1.82) is 0 Å². The van der Waals surface area contributed by atoms with Crippen molar-refractivity contribution in [3.63, 3.8) is 0 Å². The van der Waals surface area contributed by atoms with E-state index in [1.807, 2.05) is 11.3 Å². The minimum absolute atomic E-state index is 0.941. The maximum Gasteiger partial charge on any atom is 0.0482 e. The molecule has 1 heterocycles. The van der Waals surface area contributed by atoms with E-state index < -0.39 is 0 Å². The fourth-order valence-corrected chi connectivity index (χ4v) is 3.64. The van der Waals surface area contributed by atoms with Crippen LogP contribution in [0.3, 0.4) is 0 Å². The molecule has 0 unspecified atom stereocenters. The van der Waals surface area contributed by atoms with Crippen molar-refractivity contribution in [2.45, 2.75) is 12.3 Å². The smallest absolute Gasteiger partial charge is 0.0482 e. The molecule has 0 radical (unpaired) electrons. The highest BCUT2D eigenvalue weighted by Gasteiger charge is 2.06. The van der Waals surface area contributed by atoms with Crippen molar-refractivity contribution < 1.29 is 0 Å². The van der Waals surface area contributed by atoms with Crippen molar-refractivity contribution in [3.05, 3.63) is 32.2 Å². The van der Waals surface area contributed by atoms with Gasteiger partial charge in [-0.05, 0) is 52.6 Å². The Hall–Kier alpha value is 0.390. The van der Waals surface area contributed by atoms with E-state index in [1.165, 1.54) is 24.1 Å². The summed E-state index contributed by atoms with van der Waals surface area (Å²) >= 11 is 7.79. The molecule has 2 rings (SSSR count). The SMILES string of the molecule is Cc1cc2c(CBr)ccc(I)c2s1. The number of hydrogen-bond donors (Lipinski definition) is 0. The predicted octanol–water partition coefficient (Wildman–Crippen LogP) is 4.71. The number of alkyl halides is 1. The lowest BCUT2D eigenvalue weighted by atomic mass is 10.1. The van der Waals surface area contributed by atoms with E-state index >= 15 is 0 Å². The van der Waals surface area contributed by atoms with Crippen LogP contribution in [0.25, 0.3) is 10.1 Å². The Labute approximate surface area is 104 Å².